The molecule has 0 bridgehead atoms. The van der Waals surface area contributed by atoms with Gasteiger partial charge < -0.3 is 10.6 Å². The standard InChI is InChI=1S/C14H17N3O3/c1-8-4-5-9(6-10(8)15)12(19)17-7-11(18)16-13(20)14(17,2)3/h4-6H,7,15H2,1-3H3,(H,16,18,20). The first-order chi connectivity index (χ1) is 9.23. The van der Waals surface area contributed by atoms with Crippen molar-refractivity contribution in [2.24, 2.45) is 0 Å². The van der Waals surface area contributed by atoms with Crippen LogP contribution in [0.3, 0.4) is 0 Å². The summed E-state index contributed by atoms with van der Waals surface area (Å²) < 4.78 is 0. The zero-order valence-corrected chi connectivity index (χ0v) is 11.7. The van der Waals surface area contributed by atoms with Crippen LogP contribution >= 0.6 is 0 Å². The molecule has 6 heteroatoms. The van der Waals surface area contributed by atoms with Crippen LogP contribution in [0.25, 0.3) is 0 Å². The number of benzene rings is 1. The largest absolute Gasteiger partial charge is 0.398 e. The average Bonchev–Trinajstić information content (AvgIpc) is 2.36. The van der Waals surface area contributed by atoms with Gasteiger partial charge in [0, 0.05) is 11.3 Å². The van der Waals surface area contributed by atoms with Gasteiger partial charge in [-0.05, 0) is 38.5 Å². The Bertz CT molecular complexity index is 608. The van der Waals surface area contributed by atoms with E-state index in [4.69, 9.17) is 5.73 Å². The lowest BCUT2D eigenvalue weighted by Crippen LogP contribution is -2.65. The summed E-state index contributed by atoms with van der Waals surface area (Å²) in [6.45, 7) is 4.89. The monoisotopic (exact) mass is 275 g/mol. The van der Waals surface area contributed by atoms with E-state index in [0.29, 0.717) is 11.3 Å². The molecule has 1 saturated heterocycles. The Balaban J connectivity index is 2.38. The molecule has 0 unspecified atom stereocenters. The number of amides is 3. The lowest BCUT2D eigenvalue weighted by atomic mass is 9.97. The fourth-order valence-electron chi connectivity index (χ4n) is 2.04. The second-order valence-corrected chi connectivity index (χ2v) is 5.40. The van der Waals surface area contributed by atoms with Crippen molar-refractivity contribution in [3.05, 3.63) is 29.3 Å². The van der Waals surface area contributed by atoms with Crippen molar-refractivity contribution in [1.82, 2.24) is 10.2 Å². The quantitative estimate of drug-likeness (QED) is 0.575. The zero-order chi connectivity index (χ0) is 15.1. The van der Waals surface area contributed by atoms with Gasteiger partial charge in [-0.15, -0.1) is 0 Å². The first-order valence-corrected chi connectivity index (χ1v) is 6.26. The topological polar surface area (TPSA) is 92.5 Å². The molecular weight excluding hydrogens is 258 g/mol. The van der Waals surface area contributed by atoms with Crippen molar-refractivity contribution in [1.29, 1.82) is 0 Å². The number of nitrogens with one attached hydrogen (secondary N) is 1. The first-order valence-electron chi connectivity index (χ1n) is 6.26. The van der Waals surface area contributed by atoms with Crippen molar-refractivity contribution in [2.45, 2.75) is 26.3 Å². The second kappa shape index (κ2) is 4.63. The molecule has 0 spiro atoms. The minimum Gasteiger partial charge on any atom is -0.398 e. The SMILES string of the molecule is Cc1ccc(C(=O)N2CC(=O)NC(=O)C2(C)C)cc1N. The van der Waals surface area contributed by atoms with Gasteiger partial charge in [0.1, 0.15) is 12.1 Å². The van der Waals surface area contributed by atoms with E-state index in [-0.39, 0.29) is 12.5 Å². The van der Waals surface area contributed by atoms with Gasteiger partial charge >= 0.3 is 0 Å². The predicted octanol–water partition coefficient (Wildman–Crippen LogP) is 0.454. The van der Waals surface area contributed by atoms with Crippen LogP contribution in [0.5, 0.6) is 0 Å². The number of imide groups is 1. The van der Waals surface area contributed by atoms with Crippen molar-refractivity contribution in [3.63, 3.8) is 0 Å². The third-order valence-corrected chi connectivity index (χ3v) is 3.56. The van der Waals surface area contributed by atoms with E-state index in [1.54, 1.807) is 32.0 Å². The molecule has 1 aromatic rings. The van der Waals surface area contributed by atoms with E-state index in [1.807, 2.05) is 6.92 Å². The highest BCUT2D eigenvalue weighted by Gasteiger charge is 2.43. The van der Waals surface area contributed by atoms with E-state index in [9.17, 15) is 14.4 Å². The summed E-state index contributed by atoms with van der Waals surface area (Å²) in [6.07, 6.45) is 0. The van der Waals surface area contributed by atoms with Crippen LogP contribution < -0.4 is 11.1 Å². The van der Waals surface area contributed by atoms with Gasteiger partial charge in [-0.3, -0.25) is 19.7 Å². The fourth-order valence-corrected chi connectivity index (χ4v) is 2.04. The van der Waals surface area contributed by atoms with Gasteiger partial charge in [0.15, 0.2) is 0 Å². The number of hydrogen-bond donors (Lipinski definition) is 2. The molecule has 0 atom stereocenters. The van der Waals surface area contributed by atoms with Crippen LogP contribution in [0.1, 0.15) is 29.8 Å². The number of nitrogens with zero attached hydrogens (tertiary/aromatic N) is 1. The molecule has 1 aliphatic rings. The van der Waals surface area contributed by atoms with Gasteiger partial charge in [0.05, 0.1) is 0 Å². The molecule has 2 rings (SSSR count). The number of carbonyl (C=O) groups excluding carboxylic acids is 3. The van der Waals surface area contributed by atoms with E-state index in [0.717, 1.165) is 5.56 Å². The van der Waals surface area contributed by atoms with Crippen LogP contribution in [0.15, 0.2) is 18.2 Å². The molecule has 3 amide bonds. The van der Waals surface area contributed by atoms with E-state index in [1.165, 1.54) is 4.90 Å². The maximum atomic E-state index is 12.5. The highest BCUT2D eigenvalue weighted by Crippen LogP contribution is 2.22. The normalized spacial score (nSPS) is 17.9. The Morgan fingerprint density at radius 3 is 2.60 bits per heavy atom. The molecule has 0 radical (unpaired) electrons. The molecule has 0 aromatic heterocycles. The molecule has 20 heavy (non-hydrogen) atoms. The molecule has 106 valence electrons. The molecule has 1 aliphatic heterocycles. The molecular formula is C14H17N3O3. The highest BCUT2D eigenvalue weighted by atomic mass is 16.2. The summed E-state index contributed by atoms with van der Waals surface area (Å²) in [4.78, 5) is 37.1. The summed E-state index contributed by atoms with van der Waals surface area (Å²) in [7, 11) is 0. The Hall–Kier alpha value is -2.37. The van der Waals surface area contributed by atoms with E-state index in [2.05, 4.69) is 5.32 Å². The van der Waals surface area contributed by atoms with Crippen molar-refractivity contribution in [2.75, 3.05) is 12.3 Å². The number of hydrogen-bond acceptors (Lipinski definition) is 4. The minimum atomic E-state index is -1.08. The summed E-state index contributed by atoms with van der Waals surface area (Å²) in [5.74, 6) is -1.35. The number of piperazine rings is 1. The number of nitrogens with two attached hydrogens (primary N) is 1. The fraction of sp³-hybridized carbons (Fsp3) is 0.357. The lowest BCUT2D eigenvalue weighted by molar-refractivity contribution is -0.143. The number of rotatable bonds is 1. The molecule has 0 aliphatic carbocycles. The Morgan fingerprint density at radius 2 is 2.00 bits per heavy atom. The second-order valence-electron chi connectivity index (χ2n) is 5.40. The molecule has 1 aromatic carbocycles. The number of anilines is 1. The molecule has 6 nitrogen and oxygen atoms in total. The summed E-state index contributed by atoms with van der Waals surface area (Å²) in [6, 6.07) is 4.94. The van der Waals surface area contributed by atoms with Crippen molar-refractivity contribution < 1.29 is 14.4 Å². The van der Waals surface area contributed by atoms with Crippen LogP contribution in [-0.2, 0) is 9.59 Å². The maximum Gasteiger partial charge on any atom is 0.255 e. The molecule has 1 heterocycles. The number of nitrogen functional groups attached to an aromatic ring is 1. The van der Waals surface area contributed by atoms with Crippen LogP contribution in [-0.4, -0.2) is 34.7 Å². The Labute approximate surface area is 116 Å². The van der Waals surface area contributed by atoms with Crippen LogP contribution in [0.4, 0.5) is 5.69 Å². The zero-order valence-electron chi connectivity index (χ0n) is 11.7. The lowest BCUT2D eigenvalue weighted by Gasteiger charge is -2.40. The third-order valence-electron chi connectivity index (χ3n) is 3.56. The first kappa shape index (κ1) is 14.0. The van der Waals surface area contributed by atoms with Gasteiger partial charge in [0.2, 0.25) is 5.91 Å². The van der Waals surface area contributed by atoms with Crippen LogP contribution in [0, 0.1) is 6.92 Å². The number of carbonyl (C=O) groups is 3. The maximum absolute atomic E-state index is 12.5. The molecule has 0 saturated carbocycles. The number of aryl methyl sites for hydroxylation is 1. The van der Waals surface area contributed by atoms with Gasteiger partial charge in [0.25, 0.3) is 11.8 Å². The highest BCUT2D eigenvalue weighted by molar-refractivity contribution is 6.09. The minimum absolute atomic E-state index is 0.147. The Kier molecular flexibility index (Phi) is 3.25. The summed E-state index contributed by atoms with van der Waals surface area (Å²) >= 11 is 0. The van der Waals surface area contributed by atoms with E-state index < -0.39 is 17.4 Å². The predicted molar refractivity (Wildman–Crippen MR) is 73.9 cm³/mol. The average molecular weight is 275 g/mol. The van der Waals surface area contributed by atoms with E-state index >= 15 is 0 Å². The Morgan fingerprint density at radius 1 is 1.35 bits per heavy atom. The molecule has 1 fully saturated rings. The smallest absolute Gasteiger partial charge is 0.255 e. The van der Waals surface area contributed by atoms with Crippen molar-refractivity contribution >= 4 is 23.4 Å². The van der Waals surface area contributed by atoms with Crippen LogP contribution in [0.2, 0.25) is 0 Å². The van der Waals surface area contributed by atoms with Gasteiger partial charge in [-0.1, -0.05) is 6.07 Å². The van der Waals surface area contributed by atoms with Gasteiger partial charge in [-0.2, -0.15) is 0 Å². The summed E-state index contributed by atoms with van der Waals surface area (Å²) in [5, 5.41) is 2.23. The van der Waals surface area contributed by atoms with Crippen molar-refractivity contribution in [3.8, 4) is 0 Å². The third kappa shape index (κ3) is 2.24. The summed E-state index contributed by atoms with van der Waals surface area (Å²) in [5.41, 5.74) is 6.45. The molecule has 3 N–H and O–H groups in total. The van der Waals surface area contributed by atoms with Gasteiger partial charge in [-0.25, -0.2) is 0 Å².